The molecule has 21 heavy (non-hydrogen) atoms. The van der Waals surface area contributed by atoms with Gasteiger partial charge in [-0.1, -0.05) is 25.4 Å². The highest BCUT2D eigenvalue weighted by Gasteiger charge is 2.21. The zero-order chi connectivity index (χ0) is 15.4. The molecule has 6 nitrogen and oxygen atoms in total. The lowest BCUT2D eigenvalue weighted by molar-refractivity contribution is 0.312. The fourth-order valence-electron chi connectivity index (χ4n) is 1.96. The van der Waals surface area contributed by atoms with Crippen LogP contribution in [0.3, 0.4) is 0 Å². The predicted molar refractivity (Wildman–Crippen MR) is 79.2 cm³/mol. The number of aromatic nitrogens is 2. The summed E-state index contributed by atoms with van der Waals surface area (Å²) in [4.78, 5) is 4.38. The van der Waals surface area contributed by atoms with Gasteiger partial charge >= 0.3 is 0 Å². The maximum absolute atomic E-state index is 6.10. The summed E-state index contributed by atoms with van der Waals surface area (Å²) in [5.74, 6) is 2.50. The van der Waals surface area contributed by atoms with Gasteiger partial charge in [-0.05, 0) is 24.1 Å². The van der Waals surface area contributed by atoms with Crippen molar-refractivity contribution in [3.63, 3.8) is 0 Å². The summed E-state index contributed by atoms with van der Waals surface area (Å²) in [5.41, 5.74) is 6.89. The molecule has 0 saturated carbocycles. The van der Waals surface area contributed by atoms with Crippen molar-refractivity contribution in [1.29, 1.82) is 0 Å². The van der Waals surface area contributed by atoms with Crippen LogP contribution in [0.4, 0.5) is 0 Å². The highest BCUT2D eigenvalue weighted by atomic mass is 16.5. The number of hydrogen-bond donors (Lipinski definition) is 1. The van der Waals surface area contributed by atoms with E-state index in [0.29, 0.717) is 23.2 Å². The minimum Gasteiger partial charge on any atom is -0.493 e. The molecular formula is C15H21N3O3. The number of rotatable bonds is 6. The fraction of sp³-hybridized carbons (Fsp3) is 0.467. The van der Waals surface area contributed by atoms with Gasteiger partial charge < -0.3 is 19.7 Å². The first kappa shape index (κ1) is 15.3. The molecule has 0 unspecified atom stereocenters. The van der Waals surface area contributed by atoms with E-state index in [9.17, 15) is 0 Å². The quantitative estimate of drug-likeness (QED) is 0.881. The lowest BCUT2D eigenvalue weighted by Crippen LogP contribution is -2.18. The number of nitrogens with zero attached hydrogens (tertiary/aromatic N) is 2. The van der Waals surface area contributed by atoms with E-state index in [0.717, 1.165) is 12.0 Å². The average Bonchev–Trinajstić information content (AvgIpc) is 3.02. The van der Waals surface area contributed by atoms with Gasteiger partial charge in [0.2, 0.25) is 11.7 Å². The van der Waals surface area contributed by atoms with Gasteiger partial charge in [-0.25, -0.2) is 0 Å². The zero-order valence-corrected chi connectivity index (χ0v) is 12.8. The van der Waals surface area contributed by atoms with Crippen LogP contribution in [0.5, 0.6) is 11.5 Å². The highest BCUT2D eigenvalue weighted by Crippen LogP contribution is 2.31. The normalized spacial score (nSPS) is 13.8. The van der Waals surface area contributed by atoms with Crippen molar-refractivity contribution in [2.24, 2.45) is 11.7 Å². The maximum atomic E-state index is 6.10. The number of ether oxygens (including phenoxy) is 2. The van der Waals surface area contributed by atoms with Crippen LogP contribution in [0, 0.1) is 5.92 Å². The van der Waals surface area contributed by atoms with Gasteiger partial charge in [-0.2, -0.15) is 4.98 Å². The van der Waals surface area contributed by atoms with E-state index in [4.69, 9.17) is 19.7 Å². The Hall–Kier alpha value is -2.08. The van der Waals surface area contributed by atoms with Crippen molar-refractivity contribution in [2.45, 2.75) is 26.3 Å². The van der Waals surface area contributed by atoms with Crippen LogP contribution in [0.2, 0.25) is 0 Å². The van der Waals surface area contributed by atoms with Crippen LogP contribution < -0.4 is 15.2 Å². The SMILES string of the molecule is CC[C@H](C)[C@H](N)c1nc(-c2ccc(OC)c(OC)c2)no1. The monoisotopic (exact) mass is 291 g/mol. The van der Waals surface area contributed by atoms with Gasteiger partial charge in [0.1, 0.15) is 0 Å². The Bertz CT molecular complexity index is 598. The third-order valence-electron chi connectivity index (χ3n) is 3.63. The standard InChI is InChI=1S/C15H21N3O3/c1-5-9(2)13(16)15-17-14(18-21-15)10-6-7-11(19-3)12(8-10)20-4/h6-9,13H,5,16H2,1-4H3/t9-,13-/m0/s1. The molecule has 0 aliphatic heterocycles. The summed E-state index contributed by atoms with van der Waals surface area (Å²) >= 11 is 0. The van der Waals surface area contributed by atoms with Crippen LogP contribution in [-0.2, 0) is 0 Å². The van der Waals surface area contributed by atoms with E-state index in [-0.39, 0.29) is 12.0 Å². The second kappa shape index (κ2) is 6.58. The van der Waals surface area contributed by atoms with Crippen molar-refractivity contribution in [3.8, 4) is 22.9 Å². The largest absolute Gasteiger partial charge is 0.493 e. The van der Waals surface area contributed by atoms with E-state index in [1.807, 2.05) is 12.1 Å². The molecule has 2 atom stereocenters. The second-order valence-electron chi connectivity index (χ2n) is 4.94. The Morgan fingerprint density at radius 1 is 1.24 bits per heavy atom. The van der Waals surface area contributed by atoms with Gasteiger partial charge in [-0.3, -0.25) is 0 Å². The van der Waals surface area contributed by atoms with Crippen LogP contribution in [-0.4, -0.2) is 24.4 Å². The Morgan fingerprint density at radius 2 is 1.95 bits per heavy atom. The topological polar surface area (TPSA) is 83.4 Å². The molecule has 0 amide bonds. The zero-order valence-electron chi connectivity index (χ0n) is 12.8. The van der Waals surface area contributed by atoms with Crippen LogP contribution in [0.25, 0.3) is 11.4 Å². The van der Waals surface area contributed by atoms with Crippen LogP contribution >= 0.6 is 0 Å². The van der Waals surface area contributed by atoms with Gasteiger partial charge in [0, 0.05) is 5.56 Å². The minimum atomic E-state index is -0.253. The lowest BCUT2D eigenvalue weighted by Gasteiger charge is -2.13. The summed E-state index contributed by atoms with van der Waals surface area (Å²) in [6, 6.07) is 5.21. The van der Waals surface area contributed by atoms with Crippen LogP contribution in [0.1, 0.15) is 32.2 Å². The molecular weight excluding hydrogens is 270 g/mol. The molecule has 0 saturated heterocycles. The summed E-state index contributed by atoms with van der Waals surface area (Å²) in [7, 11) is 3.18. The molecule has 2 aromatic rings. The van der Waals surface area contributed by atoms with E-state index >= 15 is 0 Å². The van der Waals surface area contributed by atoms with E-state index in [2.05, 4.69) is 24.0 Å². The molecule has 0 bridgehead atoms. The van der Waals surface area contributed by atoms with E-state index in [1.54, 1.807) is 20.3 Å². The highest BCUT2D eigenvalue weighted by molar-refractivity contribution is 5.60. The number of benzene rings is 1. The van der Waals surface area contributed by atoms with Crippen molar-refractivity contribution < 1.29 is 14.0 Å². The Kier molecular flexibility index (Phi) is 4.80. The van der Waals surface area contributed by atoms with Crippen molar-refractivity contribution in [2.75, 3.05) is 14.2 Å². The minimum absolute atomic E-state index is 0.253. The summed E-state index contributed by atoms with van der Waals surface area (Å²) in [6.45, 7) is 4.14. The number of methoxy groups -OCH3 is 2. The third-order valence-corrected chi connectivity index (χ3v) is 3.63. The first-order valence-electron chi connectivity index (χ1n) is 6.92. The molecule has 0 spiro atoms. The molecule has 2 N–H and O–H groups in total. The summed E-state index contributed by atoms with van der Waals surface area (Å²) in [5, 5.41) is 3.99. The molecule has 1 aromatic heterocycles. The molecule has 2 rings (SSSR count). The number of nitrogens with two attached hydrogens (primary N) is 1. The average molecular weight is 291 g/mol. The van der Waals surface area contributed by atoms with E-state index in [1.165, 1.54) is 0 Å². The molecule has 1 heterocycles. The molecule has 0 aliphatic rings. The summed E-state index contributed by atoms with van der Waals surface area (Å²) < 4.78 is 15.8. The molecule has 114 valence electrons. The molecule has 6 heteroatoms. The second-order valence-corrected chi connectivity index (χ2v) is 4.94. The smallest absolute Gasteiger partial charge is 0.244 e. The Morgan fingerprint density at radius 3 is 2.57 bits per heavy atom. The Labute approximate surface area is 124 Å². The summed E-state index contributed by atoms with van der Waals surface area (Å²) in [6.07, 6.45) is 0.954. The molecule has 0 fully saturated rings. The molecule has 0 aliphatic carbocycles. The first-order chi connectivity index (χ1) is 10.1. The van der Waals surface area contributed by atoms with Crippen molar-refractivity contribution in [1.82, 2.24) is 10.1 Å². The lowest BCUT2D eigenvalue weighted by atomic mass is 10.0. The molecule has 0 radical (unpaired) electrons. The molecule has 1 aromatic carbocycles. The Balaban J connectivity index is 2.29. The van der Waals surface area contributed by atoms with Gasteiger partial charge in [0.25, 0.3) is 0 Å². The first-order valence-corrected chi connectivity index (χ1v) is 6.92. The number of hydrogen-bond acceptors (Lipinski definition) is 6. The van der Waals surface area contributed by atoms with E-state index < -0.39 is 0 Å². The van der Waals surface area contributed by atoms with Crippen molar-refractivity contribution >= 4 is 0 Å². The van der Waals surface area contributed by atoms with Gasteiger partial charge in [0.05, 0.1) is 20.3 Å². The van der Waals surface area contributed by atoms with Gasteiger partial charge in [0.15, 0.2) is 11.5 Å². The maximum Gasteiger partial charge on any atom is 0.244 e. The fourth-order valence-corrected chi connectivity index (χ4v) is 1.96. The van der Waals surface area contributed by atoms with Gasteiger partial charge in [-0.15, -0.1) is 0 Å². The van der Waals surface area contributed by atoms with Crippen molar-refractivity contribution in [3.05, 3.63) is 24.1 Å². The van der Waals surface area contributed by atoms with Crippen LogP contribution in [0.15, 0.2) is 22.7 Å². The predicted octanol–water partition coefficient (Wildman–Crippen LogP) is 2.80. The third kappa shape index (κ3) is 3.16.